The number of benzene rings is 1. The Hall–Kier alpha value is -1.03. The largest absolute Gasteiger partial charge is 0.397 e. The quantitative estimate of drug-likeness (QED) is 0.837. The highest BCUT2D eigenvalue weighted by Gasteiger charge is 2.20. The van der Waals surface area contributed by atoms with Crippen LogP contribution in [0.15, 0.2) is 22.7 Å². The number of nitrogens with two attached hydrogens (primary N) is 1. The first-order valence-electron chi connectivity index (χ1n) is 5.50. The number of amides is 1. The molecule has 0 atom stereocenters. The number of nitrogen functional groups attached to an aromatic ring is 1. The minimum absolute atomic E-state index is 0.0683. The SMILES string of the molecule is Nc1cc(Br)ccc1NC(=O)CC1CCC1. The van der Waals surface area contributed by atoms with Gasteiger partial charge in [0, 0.05) is 10.9 Å². The second-order valence-corrected chi connectivity index (χ2v) is 5.20. The first-order valence-corrected chi connectivity index (χ1v) is 6.29. The molecular weight excluding hydrogens is 268 g/mol. The number of halogens is 1. The Labute approximate surface area is 104 Å². The molecule has 0 spiro atoms. The highest BCUT2D eigenvalue weighted by molar-refractivity contribution is 9.10. The summed E-state index contributed by atoms with van der Waals surface area (Å²) >= 11 is 3.33. The molecule has 1 saturated carbocycles. The van der Waals surface area contributed by atoms with Crippen molar-refractivity contribution in [2.75, 3.05) is 11.1 Å². The van der Waals surface area contributed by atoms with Gasteiger partial charge >= 0.3 is 0 Å². The van der Waals surface area contributed by atoms with Gasteiger partial charge in [-0.3, -0.25) is 4.79 Å². The van der Waals surface area contributed by atoms with Crippen molar-refractivity contribution < 1.29 is 4.79 Å². The van der Waals surface area contributed by atoms with Gasteiger partial charge in [0.15, 0.2) is 0 Å². The lowest BCUT2D eigenvalue weighted by Gasteiger charge is -2.24. The number of rotatable bonds is 3. The van der Waals surface area contributed by atoms with Crippen molar-refractivity contribution in [3.8, 4) is 0 Å². The second-order valence-electron chi connectivity index (χ2n) is 4.28. The molecule has 1 aromatic carbocycles. The number of anilines is 2. The zero-order chi connectivity index (χ0) is 11.5. The molecule has 1 aliphatic carbocycles. The molecule has 3 N–H and O–H groups in total. The fourth-order valence-electron chi connectivity index (χ4n) is 1.81. The van der Waals surface area contributed by atoms with Crippen molar-refractivity contribution in [2.24, 2.45) is 5.92 Å². The van der Waals surface area contributed by atoms with Gasteiger partial charge in [0.1, 0.15) is 0 Å². The van der Waals surface area contributed by atoms with Crippen LogP contribution in [0.2, 0.25) is 0 Å². The summed E-state index contributed by atoms with van der Waals surface area (Å²) in [6.45, 7) is 0. The van der Waals surface area contributed by atoms with Crippen molar-refractivity contribution >= 4 is 33.2 Å². The minimum atomic E-state index is 0.0683. The second kappa shape index (κ2) is 4.87. The van der Waals surface area contributed by atoms with E-state index in [2.05, 4.69) is 21.2 Å². The van der Waals surface area contributed by atoms with Gasteiger partial charge in [-0.25, -0.2) is 0 Å². The average molecular weight is 283 g/mol. The fourth-order valence-corrected chi connectivity index (χ4v) is 2.19. The van der Waals surface area contributed by atoms with Gasteiger partial charge in [-0.2, -0.15) is 0 Å². The van der Waals surface area contributed by atoms with E-state index < -0.39 is 0 Å². The molecule has 0 aliphatic heterocycles. The standard InChI is InChI=1S/C12H15BrN2O/c13-9-4-5-11(10(14)7-9)15-12(16)6-8-2-1-3-8/h4-5,7-8H,1-3,6,14H2,(H,15,16). The summed E-state index contributed by atoms with van der Waals surface area (Å²) in [5.74, 6) is 0.649. The summed E-state index contributed by atoms with van der Waals surface area (Å²) in [6, 6.07) is 5.48. The molecule has 0 aromatic heterocycles. The Morgan fingerprint density at radius 3 is 2.81 bits per heavy atom. The van der Waals surface area contributed by atoms with Crippen LogP contribution in [0.5, 0.6) is 0 Å². The molecule has 2 rings (SSSR count). The Kier molecular flexibility index (Phi) is 3.49. The van der Waals surface area contributed by atoms with E-state index in [4.69, 9.17) is 5.73 Å². The highest BCUT2D eigenvalue weighted by Crippen LogP contribution is 2.30. The summed E-state index contributed by atoms with van der Waals surface area (Å²) in [5.41, 5.74) is 7.10. The van der Waals surface area contributed by atoms with Gasteiger partial charge in [-0.1, -0.05) is 22.4 Å². The molecule has 1 fully saturated rings. The van der Waals surface area contributed by atoms with Crippen LogP contribution in [-0.2, 0) is 4.79 Å². The van der Waals surface area contributed by atoms with Crippen LogP contribution in [0.4, 0.5) is 11.4 Å². The third-order valence-corrected chi connectivity index (χ3v) is 3.48. The normalized spacial score (nSPS) is 15.6. The molecule has 0 saturated heterocycles. The lowest BCUT2D eigenvalue weighted by Crippen LogP contribution is -2.21. The lowest BCUT2D eigenvalue weighted by atomic mass is 9.83. The van der Waals surface area contributed by atoms with Gasteiger partial charge < -0.3 is 11.1 Å². The van der Waals surface area contributed by atoms with E-state index in [0.29, 0.717) is 23.7 Å². The van der Waals surface area contributed by atoms with E-state index in [1.807, 2.05) is 12.1 Å². The molecule has 0 radical (unpaired) electrons. The summed E-state index contributed by atoms with van der Waals surface area (Å²) in [4.78, 5) is 11.7. The van der Waals surface area contributed by atoms with Gasteiger partial charge in [0.05, 0.1) is 11.4 Å². The number of nitrogens with one attached hydrogen (secondary N) is 1. The van der Waals surface area contributed by atoms with E-state index in [0.717, 1.165) is 4.47 Å². The van der Waals surface area contributed by atoms with Crippen molar-refractivity contribution in [3.63, 3.8) is 0 Å². The molecule has 3 nitrogen and oxygen atoms in total. The molecule has 0 unspecified atom stereocenters. The summed E-state index contributed by atoms with van der Waals surface area (Å²) in [5, 5.41) is 2.85. The zero-order valence-corrected chi connectivity index (χ0v) is 10.6. The lowest BCUT2D eigenvalue weighted by molar-refractivity contribution is -0.117. The predicted octanol–water partition coefficient (Wildman–Crippen LogP) is 3.16. The predicted molar refractivity (Wildman–Crippen MR) is 69.1 cm³/mol. The van der Waals surface area contributed by atoms with Crippen molar-refractivity contribution in [3.05, 3.63) is 22.7 Å². The molecular formula is C12H15BrN2O. The van der Waals surface area contributed by atoms with Crippen LogP contribution in [0.25, 0.3) is 0 Å². The Balaban J connectivity index is 1.94. The molecule has 0 heterocycles. The topological polar surface area (TPSA) is 55.1 Å². The third kappa shape index (κ3) is 2.76. The minimum Gasteiger partial charge on any atom is -0.397 e. The van der Waals surface area contributed by atoms with Crippen LogP contribution < -0.4 is 11.1 Å². The summed E-state index contributed by atoms with van der Waals surface area (Å²) < 4.78 is 0.919. The van der Waals surface area contributed by atoms with Crippen LogP contribution >= 0.6 is 15.9 Å². The summed E-state index contributed by atoms with van der Waals surface area (Å²) in [7, 11) is 0. The Bertz CT molecular complexity index is 402. The highest BCUT2D eigenvalue weighted by atomic mass is 79.9. The number of hydrogen-bond acceptors (Lipinski definition) is 2. The summed E-state index contributed by atoms with van der Waals surface area (Å²) in [6.07, 6.45) is 4.25. The van der Waals surface area contributed by atoms with Gasteiger partial charge in [0.2, 0.25) is 5.91 Å². The number of carbonyl (C=O) groups excluding carboxylic acids is 1. The van der Waals surface area contributed by atoms with E-state index in [1.165, 1.54) is 19.3 Å². The van der Waals surface area contributed by atoms with E-state index in [1.54, 1.807) is 6.07 Å². The molecule has 16 heavy (non-hydrogen) atoms. The van der Waals surface area contributed by atoms with E-state index in [-0.39, 0.29) is 5.91 Å². The van der Waals surface area contributed by atoms with Crippen LogP contribution in [0, 0.1) is 5.92 Å². The molecule has 1 aliphatic rings. The first-order chi connectivity index (χ1) is 7.65. The molecule has 4 heteroatoms. The first kappa shape index (κ1) is 11.5. The van der Waals surface area contributed by atoms with Crippen molar-refractivity contribution in [2.45, 2.75) is 25.7 Å². The molecule has 86 valence electrons. The van der Waals surface area contributed by atoms with Crippen molar-refractivity contribution in [1.29, 1.82) is 0 Å². The smallest absolute Gasteiger partial charge is 0.224 e. The molecule has 1 aromatic rings. The maximum Gasteiger partial charge on any atom is 0.224 e. The maximum absolute atomic E-state index is 11.7. The van der Waals surface area contributed by atoms with Gasteiger partial charge in [0.25, 0.3) is 0 Å². The van der Waals surface area contributed by atoms with Crippen molar-refractivity contribution in [1.82, 2.24) is 0 Å². The average Bonchev–Trinajstić information content (AvgIpc) is 2.16. The zero-order valence-electron chi connectivity index (χ0n) is 9.00. The van der Waals surface area contributed by atoms with E-state index in [9.17, 15) is 4.79 Å². The Morgan fingerprint density at radius 1 is 1.50 bits per heavy atom. The molecule has 1 amide bonds. The third-order valence-electron chi connectivity index (χ3n) is 2.99. The number of carbonyl (C=O) groups is 1. The van der Waals surface area contributed by atoms with Crippen LogP contribution in [-0.4, -0.2) is 5.91 Å². The van der Waals surface area contributed by atoms with Gasteiger partial charge in [-0.15, -0.1) is 0 Å². The Morgan fingerprint density at radius 2 is 2.25 bits per heavy atom. The molecule has 0 bridgehead atoms. The number of hydrogen-bond donors (Lipinski definition) is 2. The van der Waals surface area contributed by atoms with E-state index >= 15 is 0 Å². The maximum atomic E-state index is 11.7. The van der Waals surface area contributed by atoms with Crippen LogP contribution in [0.3, 0.4) is 0 Å². The van der Waals surface area contributed by atoms with Gasteiger partial charge in [-0.05, 0) is 37.0 Å². The monoisotopic (exact) mass is 282 g/mol. The fraction of sp³-hybridized carbons (Fsp3) is 0.417. The van der Waals surface area contributed by atoms with Crippen LogP contribution in [0.1, 0.15) is 25.7 Å².